The number of nitrogens with zero attached hydrogens (tertiary/aromatic N) is 3. The van der Waals surface area contributed by atoms with Crippen LogP contribution in [0.3, 0.4) is 0 Å². The van der Waals surface area contributed by atoms with E-state index in [-0.39, 0.29) is 16.5 Å². The number of methoxy groups -OCH3 is 1. The number of carbonyl (C=O) groups excluding carboxylic acids is 1. The Kier molecular flexibility index (Phi) is 7.25. The summed E-state index contributed by atoms with van der Waals surface area (Å²) in [4.78, 5) is 22.2. The minimum Gasteiger partial charge on any atom is -0.494 e. The fourth-order valence-electron chi connectivity index (χ4n) is 3.75. The van der Waals surface area contributed by atoms with Gasteiger partial charge >= 0.3 is 0 Å². The average molecular weight is 478 g/mol. The Balaban J connectivity index is 1.65. The largest absolute Gasteiger partial charge is 0.494 e. The van der Waals surface area contributed by atoms with Crippen molar-refractivity contribution >= 4 is 44.2 Å². The van der Waals surface area contributed by atoms with Gasteiger partial charge in [0.15, 0.2) is 5.13 Å². The van der Waals surface area contributed by atoms with Gasteiger partial charge in [-0.2, -0.15) is 0 Å². The van der Waals surface area contributed by atoms with Crippen molar-refractivity contribution in [3.8, 4) is 5.75 Å². The predicted octanol–water partition coefficient (Wildman–Crippen LogP) is 4.77. The third kappa shape index (κ3) is 4.88. The number of hydrogen-bond donors (Lipinski definition) is 0. The molecule has 3 aromatic rings. The van der Waals surface area contributed by atoms with Crippen LogP contribution in [0.25, 0.3) is 10.2 Å². The lowest BCUT2D eigenvalue weighted by Crippen LogP contribution is -2.39. The molecule has 1 amide bonds. The molecule has 6 nitrogen and oxygen atoms in total. The summed E-state index contributed by atoms with van der Waals surface area (Å²) in [6, 6.07) is 7.68. The average Bonchev–Trinajstić information content (AvgIpc) is 3.23. The summed E-state index contributed by atoms with van der Waals surface area (Å²) in [6.45, 7) is 6.54. The smallest absolute Gasteiger partial charge is 0.261 e. The number of hydrogen-bond acceptors (Lipinski definition) is 6. The van der Waals surface area contributed by atoms with Crippen molar-refractivity contribution in [2.45, 2.75) is 13.3 Å². The second kappa shape index (κ2) is 10.1. The SMILES string of the molecule is COc1ccc(C)c2sc(N(CCCN3CCOCC3)C(=O)c3ccc(F)cc3Cl)nc12. The van der Waals surface area contributed by atoms with E-state index in [0.717, 1.165) is 61.1 Å². The first-order chi connectivity index (χ1) is 15.5. The summed E-state index contributed by atoms with van der Waals surface area (Å²) in [5, 5.41) is 0.656. The molecular formula is C23H25ClFN3O3S. The van der Waals surface area contributed by atoms with Gasteiger partial charge in [-0.3, -0.25) is 14.6 Å². The van der Waals surface area contributed by atoms with E-state index in [0.29, 0.717) is 17.4 Å². The predicted molar refractivity (Wildman–Crippen MR) is 126 cm³/mol. The number of rotatable bonds is 7. The molecule has 32 heavy (non-hydrogen) atoms. The molecule has 0 N–H and O–H groups in total. The molecule has 2 aromatic carbocycles. The van der Waals surface area contributed by atoms with Crippen LogP contribution in [0.15, 0.2) is 30.3 Å². The number of halogens is 2. The summed E-state index contributed by atoms with van der Waals surface area (Å²) in [6.07, 6.45) is 0.761. The van der Waals surface area contributed by atoms with Gasteiger partial charge in [0, 0.05) is 26.2 Å². The zero-order valence-electron chi connectivity index (χ0n) is 18.1. The summed E-state index contributed by atoms with van der Waals surface area (Å²) >= 11 is 7.66. The molecule has 1 aliphatic heterocycles. The Morgan fingerprint density at radius 3 is 2.81 bits per heavy atom. The lowest BCUT2D eigenvalue weighted by Gasteiger charge is -2.27. The zero-order valence-corrected chi connectivity index (χ0v) is 19.6. The van der Waals surface area contributed by atoms with Crippen LogP contribution in [0.1, 0.15) is 22.3 Å². The van der Waals surface area contributed by atoms with Crippen molar-refractivity contribution in [2.24, 2.45) is 0 Å². The maximum absolute atomic E-state index is 13.6. The second-order valence-corrected chi connectivity index (χ2v) is 9.03. The van der Waals surface area contributed by atoms with Crippen molar-refractivity contribution in [3.63, 3.8) is 0 Å². The monoisotopic (exact) mass is 477 g/mol. The van der Waals surface area contributed by atoms with Gasteiger partial charge in [-0.1, -0.05) is 29.0 Å². The molecule has 1 saturated heterocycles. The quantitative estimate of drug-likeness (QED) is 0.490. The summed E-state index contributed by atoms with van der Waals surface area (Å²) < 4.78 is 25.4. The summed E-state index contributed by atoms with van der Waals surface area (Å²) in [5.41, 5.74) is 2.04. The highest BCUT2D eigenvalue weighted by molar-refractivity contribution is 7.22. The number of benzene rings is 2. The Morgan fingerprint density at radius 1 is 1.31 bits per heavy atom. The lowest BCUT2D eigenvalue weighted by molar-refractivity contribution is 0.0376. The minimum absolute atomic E-state index is 0.0862. The lowest BCUT2D eigenvalue weighted by atomic mass is 10.2. The van der Waals surface area contributed by atoms with E-state index >= 15 is 0 Å². The maximum atomic E-state index is 13.6. The Bertz CT molecular complexity index is 1120. The second-order valence-electron chi connectivity index (χ2n) is 7.65. The molecule has 0 aliphatic carbocycles. The first-order valence-electron chi connectivity index (χ1n) is 10.5. The Labute approximate surface area is 195 Å². The zero-order chi connectivity index (χ0) is 22.7. The molecule has 0 spiro atoms. The summed E-state index contributed by atoms with van der Waals surface area (Å²) in [7, 11) is 1.60. The number of thiazole rings is 1. The number of aryl methyl sites for hydroxylation is 1. The number of amides is 1. The molecule has 0 atom stereocenters. The van der Waals surface area contributed by atoms with Crippen molar-refractivity contribution in [2.75, 3.05) is 51.4 Å². The van der Waals surface area contributed by atoms with Crippen LogP contribution in [0.5, 0.6) is 5.75 Å². The molecule has 1 fully saturated rings. The maximum Gasteiger partial charge on any atom is 0.261 e. The molecule has 9 heteroatoms. The van der Waals surface area contributed by atoms with Gasteiger partial charge in [-0.05, 0) is 43.2 Å². The molecule has 0 bridgehead atoms. The van der Waals surface area contributed by atoms with Crippen LogP contribution >= 0.6 is 22.9 Å². The van der Waals surface area contributed by atoms with Crippen LogP contribution in [-0.2, 0) is 4.74 Å². The van der Waals surface area contributed by atoms with Crippen LogP contribution in [0, 0.1) is 12.7 Å². The van der Waals surface area contributed by atoms with E-state index in [1.807, 2.05) is 19.1 Å². The van der Waals surface area contributed by atoms with Gasteiger partial charge in [0.05, 0.1) is 35.6 Å². The topological polar surface area (TPSA) is 54.9 Å². The molecule has 0 unspecified atom stereocenters. The van der Waals surface area contributed by atoms with Crippen LogP contribution in [-0.4, -0.2) is 62.3 Å². The minimum atomic E-state index is -0.481. The normalized spacial score (nSPS) is 14.6. The first kappa shape index (κ1) is 22.9. The van der Waals surface area contributed by atoms with E-state index in [4.69, 9.17) is 26.1 Å². The Hall–Kier alpha value is -2.26. The standard InChI is InChI=1S/C23H25ClFN3O3S/c1-15-4-7-19(30-2)20-21(15)32-23(26-20)28(9-3-8-27-10-12-31-13-11-27)22(29)17-6-5-16(25)14-18(17)24/h4-7,14H,3,8-13H2,1-2H3. The molecule has 0 radical (unpaired) electrons. The molecule has 2 heterocycles. The highest BCUT2D eigenvalue weighted by Gasteiger charge is 2.25. The highest BCUT2D eigenvalue weighted by Crippen LogP contribution is 2.37. The van der Waals surface area contributed by atoms with Gasteiger partial charge in [-0.15, -0.1) is 0 Å². The van der Waals surface area contributed by atoms with Gasteiger partial charge in [0.25, 0.3) is 5.91 Å². The Morgan fingerprint density at radius 2 is 2.09 bits per heavy atom. The number of ether oxygens (including phenoxy) is 2. The van der Waals surface area contributed by atoms with Crippen LogP contribution < -0.4 is 9.64 Å². The van der Waals surface area contributed by atoms with Crippen molar-refractivity contribution in [1.82, 2.24) is 9.88 Å². The van der Waals surface area contributed by atoms with Gasteiger partial charge < -0.3 is 9.47 Å². The van der Waals surface area contributed by atoms with E-state index in [9.17, 15) is 9.18 Å². The van der Waals surface area contributed by atoms with Crippen molar-refractivity contribution in [3.05, 3.63) is 52.3 Å². The molecular weight excluding hydrogens is 453 g/mol. The number of morpholine rings is 1. The fourth-order valence-corrected chi connectivity index (χ4v) is 5.07. The number of anilines is 1. The molecule has 170 valence electrons. The van der Waals surface area contributed by atoms with Crippen molar-refractivity contribution in [1.29, 1.82) is 0 Å². The van der Waals surface area contributed by atoms with E-state index < -0.39 is 5.82 Å². The van der Waals surface area contributed by atoms with Gasteiger partial charge in [0.2, 0.25) is 0 Å². The molecule has 1 aromatic heterocycles. The summed E-state index contributed by atoms with van der Waals surface area (Å²) in [5.74, 6) is -0.118. The third-order valence-electron chi connectivity index (χ3n) is 5.51. The van der Waals surface area contributed by atoms with Crippen LogP contribution in [0.4, 0.5) is 9.52 Å². The molecule has 0 saturated carbocycles. The van der Waals surface area contributed by atoms with E-state index in [2.05, 4.69) is 4.90 Å². The fraction of sp³-hybridized carbons (Fsp3) is 0.391. The highest BCUT2D eigenvalue weighted by atomic mass is 35.5. The van der Waals surface area contributed by atoms with Gasteiger partial charge in [-0.25, -0.2) is 9.37 Å². The number of fused-ring (bicyclic) bond motifs is 1. The van der Waals surface area contributed by atoms with E-state index in [1.54, 1.807) is 12.0 Å². The first-order valence-corrected chi connectivity index (χ1v) is 11.7. The number of carbonyl (C=O) groups is 1. The molecule has 1 aliphatic rings. The number of aromatic nitrogens is 1. The van der Waals surface area contributed by atoms with Crippen LogP contribution in [0.2, 0.25) is 5.02 Å². The van der Waals surface area contributed by atoms with Crippen molar-refractivity contribution < 1.29 is 18.7 Å². The van der Waals surface area contributed by atoms with E-state index in [1.165, 1.54) is 23.5 Å². The molecule has 4 rings (SSSR count). The third-order valence-corrected chi connectivity index (χ3v) is 7.04. The van der Waals surface area contributed by atoms with Gasteiger partial charge in [0.1, 0.15) is 17.1 Å².